The predicted octanol–water partition coefficient (Wildman–Crippen LogP) is 4.67. The highest BCUT2D eigenvalue weighted by Crippen LogP contribution is 2.41. The molecule has 0 spiro atoms. The Morgan fingerprint density at radius 2 is 1.75 bits per heavy atom. The van der Waals surface area contributed by atoms with Crippen LogP contribution in [0.15, 0.2) is 48.5 Å². The van der Waals surface area contributed by atoms with Crippen molar-refractivity contribution >= 4 is 5.91 Å². The first-order valence-corrected chi connectivity index (χ1v) is 9.96. The largest absolute Gasteiger partial charge is 0.497 e. The Hall–Kier alpha value is -2.40. The quantitative estimate of drug-likeness (QED) is 0.665. The summed E-state index contributed by atoms with van der Waals surface area (Å²) in [6.45, 7) is 1.37. The van der Waals surface area contributed by atoms with Gasteiger partial charge in [0.1, 0.15) is 17.7 Å². The van der Waals surface area contributed by atoms with Crippen molar-refractivity contribution in [3.05, 3.63) is 65.5 Å². The molecular weight excluding hydrogens is 357 g/mol. The topological polar surface area (TPSA) is 38.8 Å². The van der Waals surface area contributed by atoms with Crippen molar-refractivity contribution in [3.8, 4) is 5.75 Å². The van der Waals surface area contributed by atoms with Crippen molar-refractivity contribution in [2.45, 2.75) is 37.8 Å². The fraction of sp³-hybridized carbons (Fsp3) is 0.435. The van der Waals surface area contributed by atoms with E-state index in [4.69, 9.17) is 9.47 Å². The molecule has 2 aromatic carbocycles. The number of halogens is 1. The first-order valence-electron chi connectivity index (χ1n) is 9.96. The van der Waals surface area contributed by atoms with Crippen LogP contribution in [-0.2, 0) is 9.53 Å². The zero-order valence-electron chi connectivity index (χ0n) is 16.1. The van der Waals surface area contributed by atoms with Gasteiger partial charge in [-0.3, -0.25) is 4.79 Å². The van der Waals surface area contributed by atoms with Crippen LogP contribution in [0, 0.1) is 11.7 Å². The Labute approximate surface area is 165 Å². The van der Waals surface area contributed by atoms with Crippen LogP contribution in [0.25, 0.3) is 0 Å². The lowest BCUT2D eigenvalue weighted by Gasteiger charge is -2.35. The van der Waals surface area contributed by atoms with Crippen molar-refractivity contribution in [2.24, 2.45) is 5.92 Å². The molecule has 1 saturated carbocycles. The van der Waals surface area contributed by atoms with Gasteiger partial charge in [-0.25, -0.2) is 4.39 Å². The maximum absolute atomic E-state index is 13.5. The maximum atomic E-state index is 13.5. The molecule has 2 aliphatic rings. The van der Waals surface area contributed by atoms with E-state index in [1.165, 1.54) is 25.0 Å². The third kappa shape index (κ3) is 4.20. The molecule has 0 bridgehead atoms. The molecule has 0 N–H and O–H groups in total. The summed E-state index contributed by atoms with van der Waals surface area (Å²) >= 11 is 0. The summed E-state index contributed by atoms with van der Waals surface area (Å²) in [5.74, 6) is 1.22. The molecule has 1 aliphatic heterocycles. The lowest BCUT2D eigenvalue weighted by Crippen LogP contribution is -2.35. The molecule has 0 aromatic heterocycles. The summed E-state index contributed by atoms with van der Waals surface area (Å²) in [7, 11) is 1.64. The van der Waals surface area contributed by atoms with Crippen molar-refractivity contribution in [1.82, 2.24) is 4.90 Å². The van der Waals surface area contributed by atoms with Gasteiger partial charge in [-0.05, 0) is 60.6 Å². The van der Waals surface area contributed by atoms with Crippen LogP contribution in [0.5, 0.6) is 5.75 Å². The summed E-state index contributed by atoms with van der Waals surface area (Å²) in [5, 5.41) is 0. The summed E-state index contributed by atoms with van der Waals surface area (Å²) in [6.07, 6.45) is 3.47. The van der Waals surface area contributed by atoms with Gasteiger partial charge in [0, 0.05) is 13.0 Å². The molecule has 1 amide bonds. The molecule has 4 nitrogen and oxygen atoms in total. The van der Waals surface area contributed by atoms with Crippen molar-refractivity contribution < 1.29 is 18.7 Å². The van der Waals surface area contributed by atoms with Gasteiger partial charge in [0.05, 0.1) is 19.8 Å². The number of nitrogens with zero attached hydrogens (tertiary/aromatic N) is 1. The second-order valence-corrected chi connectivity index (χ2v) is 7.66. The zero-order valence-corrected chi connectivity index (χ0v) is 16.1. The van der Waals surface area contributed by atoms with E-state index in [1.807, 2.05) is 29.2 Å². The number of benzene rings is 2. The number of hydrogen-bond donors (Lipinski definition) is 0. The van der Waals surface area contributed by atoms with Crippen molar-refractivity contribution in [2.75, 3.05) is 20.3 Å². The van der Waals surface area contributed by atoms with Crippen LogP contribution in [0.3, 0.4) is 0 Å². The van der Waals surface area contributed by atoms with E-state index in [9.17, 15) is 9.18 Å². The highest BCUT2D eigenvalue weighted by Gasteiger charge is 2.37. The fourth-order valence-electron chi connectivity index (χ4n) is 3.83. The number of rotatable bonds is 8. The van der Waals surface area contributed by atoms with Gasteiger partial charge in [-0.15, -0.1) is 0 Å². The SMILES string of the molecule is COc1ccc([C@H](OCC2CC2)[C@@H](c2ccc(F)cc2)N2CCCC2=O)cc1. The third-order valence-corrected chi connectivity index (χ3v) is 5.60. The van der Waals surface area contributed by atoms with Crippen molar-refractivity contribution in [3.63, 3.8) is 0 Å². The average molecular weight is 383 g/mol. The van der Waals surface area contributed by atoms with Crippen LogP contribution >= 0.6 is 0 Å². The standard InChI is InChI=1S/C23H26FNO3/c1-27-20-12-8-18(9-13-20)23(28-15-16-4-5-16)22(25-14-2-3-21(25)26)17-6-10-19(24)11-7-17/h6-13,16,22-23H,2-5,14-15H2,1H3/t22-,23+/m1/s1. The molecule has 2 fully saturated rings. The van der Waals surface area contributed by atoms with Crippen molar-refractivity contribution in [1.29, 1.82) is 0 Å². The minimum absolute atomic E-state index is 0.128. The smallest absolute Gasteiger partial charge is 0.223 e. The lowest BCUT2D eigenvalue weighted by atomic mass is 9.94. The highest BCUT2D eigenvalue weighted by atomic mass is 19.1. The van der Waals surface area contributed by atoms with E-state index in [2.05, 4.69) is 0 Å². The van der Waals surface area contributed by atoms with Gasteiger partial charge in [-0.1, -0.05) is 24.3 Å². The second kappa shape index (κ2) is 8.31. The number of carbonyl (C=O) groups is 1. The summed E-state index contributed by atoms with van der Waals surface area (Å²) in [6, 6.07) is 14.0. The molecule has 1 saturated heterocycles. The highest BCUT2D eigenvalue weighted by molar-refractivity contribution is 5.78. The average Bonchev–Trinajstić information content (AvgIpc) is 3.46. The zero-order chi connectivity index (χ0) is 19.5. The fourth-order valence-corrected chi connectivity index (χ4v) is 3.83. The van der Waals surface area contributed by atoms with Crippen LogP contribution in [0.2, 0.25) is 0 Å². The molecule has 148 valence electrons. The third-order valence-electron chi connectivity index (χ3n) is 5.60. The van der Waals surface area contributed by atoms with Gasteiger partial charge in [0.2, 0.25) is 5.91 Å². The van der Waals surface area contributed by atoms with Gasteiger partial charge in [0.25, 0.3) is 0 Å². The number of carbonyl (C=O) groups excluding carboxylic acids is 1. The van der Waals surface area contributed by atoms with Gasteiger partial charge in [-0.2, -0.15) is 0 Å². The molecule has 0 radical (unpaired) electrons. The van der Waals surface area contributed by atoms with E-state index >= 15 is 0 Å². The van der Waals surface area contributed by atoms with Crippen LogP contribution in [0.1, 0.15) is 49.0 Å². The number of methoxy groups -OCH3 is 1. The summed E-state index contributed by atoms with van der Waals surface area (Å²) < 4.78 is 25.2. The van der Waals surface area contributed by atoms with Gasteiger partial charge < -0.3 is 14.4 Å². The Bertz CT molecular complexity index is 802. The second-order valence-electron chi connectivity index (χ2n) is 7.66. The molecule has 2 atom stereocenters. The number of ether oxygens (including phenoxy) is 2. The van der Waals surface area contributed by atoms with E-state index in [0.717, 1.165) is 23.3 Å². The minimum Gasteiger partial charge on any atom is -0.497 e. The van der Waals surface area contributed by atoms with Gasteiger partial charge in [0.15, 0.2) is 0 Å². The number of likely N-dealkylation sites (tertiary alicyclic amines) is 1. The summed E-state index contributed by atoms with van der Waals surface area (Å²) in [5.41, 5.74) is 1.89. The normalized spacial score (nSPS) is 18.9. The molecule has 1 aliphatic carbocycles. The first kappa shape index (κ1) is 18.9. The molecule has 0 unspecified atom stereocenters. The molecule has 5 heteroatoms. The van der Waals surface area contributed by atoms with E-state index < -0.39 is 0 Å². The van der Waals surface area contributed by atoms with E-state index in [0.29, 0.717) is 25.5 Å². The Balaban J connectivity index is 1.71. The van der Waals surface area contributed by atoms with Crippen LogP contribution in [0.4, 0.5) is 4.39 Å². The summed E-state index contributed by atoms with van der Waals surface area (Å²) in [4.78, 5) is 14.5. The Kier molecular flexibility index (Phi) is 5.62. The van der Waals surface area contributed by atoms with E-state index in [-0.39, 0.29) is 23.9 Å². The first-order chi connectivity index (χ1) is 13.7. The minimum atomic E-state index is -0.306. The van der Waals surface area contributed by atoms with Gasteiger partial charge >= 0.3 is 0 Å². The number of amides is 1. The van der Waals surface area contributed by atoms with Crippen LogP contribution < -0.4 is 4.74 Å². The number of hydrogen-bond acceptors (Lipinski definition) is 3. The maximum Gasteiger partial charge on any atom is 0.223 e. The molecule has 28 heavy (non-hydrogen) atoms. The molecular formula is C23H26FNO3. The molecule has 2 aromatic rings. The lowest BCUT2D eigenvalue weighted by molar-refractivity contribution is -0.133. The predicted molar refractivity (Wildman–Crippen MR) is 104 cm³/mol. The van der Waals surface area contributed by atoms with Crippen LogP contribution in [-0.4, -0.2) is 31.1 Å². The Morgan fingerprint density at radius 3 is 2.32 bits per heavy atom. The van der Waals surface area contributed by atoms with E-state index in [1.54, 1.807) is 19.2 Å². The monoisotopic (exact) mass is 383 g/mol. The molecule has 1 heterocycles. The Morgan fingerprint density at radius 1 is 1.07 bits per heavy atom. The molecule has 4 rings (SSSR count).